The molecule has 1 rings (SSSR count). The summed E-state index contributed by atoms with van der Waals surface area (Å²) in [6.45, 7) is 0.530. The molecule has 13 heavy (non-hydrogen) atoms. The van der Waals surface area contributed by atoms with Crippen LogP contribution in [0, 0.1) is 17.5 Å². The monoisotopic (exact) mass is 189 g/mol. The van der Waals surface area contributed by atoms with Gasteiger partial charge in [0.1, 0.15) is 0 Å². The summed E-state index contributed by atoms with van der Waals surface area (Å²) < 4.78 is 38.0. The first-order valence-corrected chi connectivity index (χ1v) is 3.93. The van der Waals surface area contributed by atoms with Crippen LogP contribution in [0.4, 0.5) is 13.2 Å². The molecule has 0 aromatic heterocycles. The van der Waals surface area contributed by atoms with Gasteiger partial charge in [-0.1, -0.05) is 6.07 Å². The summed E-state index contributed by atoms with van der Waals surface area (Å²) in [5.41, 5.74) is 0.188. The smallest absolute Gasteiger partial charge is 0.194 e. The van der Waals surface area contributed by atoms with Crippen molar-refractivity contribution in [2.45, 2.75) is 6.42 Å². The lowest BCUT2D eigenvalue weighted by Crippen LogP contribution is -2.12. The third-order valence-electron chi connectivity index (χ3n) is 1.76. The van der Waals surface area contributed by atoms with Crippen LogP contribution in [0.1, 0.15) is 5.56 Å². The molecule has 0 amide bonds. The highest BCUT2D eigenvalue weighted by Crippen LogP contribution is 2.15. The first kappa shape index (κ1) is 10.1. The van der Waals surface area contributed by atoms with Crippen LogP contribution in [-0.2, 0) is 6.42 Å². The standard InChI is InChI=1S/C9H10F3N/c1-13-5-4-6-2-3-7(10)9(12)8(6)11/h2-3,13H,4-5H2,1H3. The van der Waals surface area contributed by atoms with Crippen LogP contribution in [0.3, 0.4) is 0 Å². The number of halogens is 3. The topological polar surface area (TPSA) is 12.0 Å². The Kier molecular flexibility index (Phi) is 3.31. The number of hydrogen-bond donors (Lipinski definition) is 1. The number of nitrogens with one attached hydrogen (secondary N) is 1. The highest BCUT2D eigenvalue weighted by molar-refractivity contribution is 5.20. The molecule has 1 aromatic rings. The molecule has 4 heteroatoms. The molecule has 0 heterocycles. The summed E-state index contributed by atoms with van der Waals surface area (Å²) >= 11 is 0. The van der Waals surface area contributed by atoms with Crippen LogP contribution in [-0.4, -0.2) is 13.6 Å². The Hall–Kier alpha value is -1.03. The zero-order chi connectivity index (χ0) is 9.84. The van der Waals surface area contributed by atoms with Crippen LogP contribution in [0.25, 0.3) is 0 Å². The SMILES string of the molecule is CNCCc1ccc(F)c(F)c1F. The summed E-state index contributed by atoms with van der Waals surface area (Å²) in [6, 6.07) is 2.19. The second-order valence-electron chi connectivity index (χ2n) is 2.69. The van der Waals surface area contributed by atoms with E-state index in [4.69, 9.17) is 0 Å². The van der Waals surface area contributed by atoms with Gasteiger partial charge in [-0.15, -0.1) is 0 Å². The second-order valence-corrected chi connectivity index (χ2v) is 2.69. The van der Waals surface area contributed by atoms with Gasteiger partial charge in [0, 0.05) is 0 Å². The molecule has 1 nitrogen and oxygen atoms in total. The van der Waals surface area contributed by atoms with Crippen molar-refractivity contribution in [1.29, 1.82) is 0 Å². The van der Waals surface area contributed by atoms with E-state index >= 15 is 0 Å². The number of likely N-dealkylation sites (N-methyl/N-ethyl adjacent to an activating group) is 1. The molecule has 0 bridgehead atoms. The van der Waals surface area contributed by atoms with Crippen molar-refractivity contribution >= 4 is 0 Å². The van der Waals surface area contributed by atoms with E-state index in [-0.39, 0.29) is 5.56 Å². The molecule has 0 aliphatic rings. The highest BCUT2D eigenvalue weighted by Gasteiger charge is 2.12. The number of benzene rings is 1. The minimum atomic E-state index is -1.39. The van der Waals surface area contributed by atoms with E-state index < -0.39 is 17.5 Å². The van der Waals surface area contributed by atoms with Gasteiger partial charge in [-0.05, 0) is 31.6 Å². The maximum Gasteiger partial charge on any atom is 0.194 e. The average molecular weight is 189 g/mol. The lowest BCUT2D eigenvalue weighted by atomic mass is 10.1. The normalized spacial score (nSPS) is 10.5. The molecular formula is C9H10F3N. The zero-order valence-corrected chi connectivity index (χ0v) is 7.20. The van der Waals surface area contributed by atoms with Gasteiger partial charge in [0.05, 0.1) is 0 Å². The van der Waals surface area contributed by atoms with Crippen molar-refractivity contribution in [1.82, 2.24) is 5.32 Å². The van der Waals surface area contributed by atoms with Gasteiger partial charge in [-0.3, -0.25) is 0 Å². The fourth-order valence-electron chi connectivity index (χ4n) is 1.02. The minimum absolute atomic E-state index is 0.188. The maximum absolute atomic E-state index is 12.9. The summed E-state index contributed by atoms with van der Waals surface area (Å²) in [7, 11) is 1.71. The van der Waals surface area contributed by atoms with E-state index in [0.29, 0.717) is 13.0 Å². The highest BCUT2D eigenvalue weighted by atomic mass is 19.2. The summed E-state index contributed by atoms with van der Waals surface area (Å²) in [5, 5.41) is 2.79. The lowest BCUT2D eigenvalue weighted by molar-refractivity contribution is 0.440. The van der Waals surface area contributed by atoms with Crippen molar-refractivity contribution in [3.63, 3.8) is 0 Å². The van der Waals surface area contributed by atoms with Crippen LogP contribution < -0.4 is 5.32 Å². The molecule has 72 valence electrons. The quantitative estimate of drug-likeness (QED) is 0.716. The fourth-order valence-corrected chi connectivity index (χ4v) is 1.02. The largest absolute Gasteiger partial charge is 0.319 e. The van der Waals surface area contributed by atoms with Gasteiger partial charge in [0.2, 0.25) is 0 Å². The second kappa shape index (κ2) is 4.28. The summed E-state index contributed by atoms with van der Waals surface area (Å²) in [6.07, 6.45) is 0.347. The molecule has 0 saturated heterocycles. The molecule has 0 aliphatic heterocycles. The molecular weight excluding hydrogens is 179 g/mol. The fraction of sp³-hybridized carbons (Fsp3) is 0.333. The van der Waals surface area contributed by atoms with Gasteiger partial charge in [-0.2, -0.15) is 0 Å². The predicted molar refractivity (Wildman–Crippen MR) is 43.9 cm³/mol. The summed E-state index contributed by atoms with van der Waals surface area (Å²) in [4.78, 5) is 0. The van der Waals surface area contributed by atoms with Gasteiger partial charge in [0.15, 0.2) is 17.5 Å². The Bertz CT molecular complexity index is 299. The first-order chi connectivity index (χ1) is 6.16. The molecule has 0 atom stereocenters. The van der Waals surface area contributed by atoms with Crippen molar-refractivity contribution < 1.29 is 13.2 Å². The van der Waals surface area contributed by atoms with Gasteiger partial charge < -0.3 is 5.32 Å². The Morgan fingerprint density at radius 2 is 1.85 bits per heavy atom. The van der Waals surface area contributed by atoms with Crippen molar-refractivity contribution in [2.24, 2.45) is 0 Å². The third kappa shape index (κ3) is 2.21. The molecule has 1 aromatic carbocycles. The molecule has 0 aliphatic carbocycles. The molecule has 1 N–H and O–H groups in total. The predicted octanol–water partition coefficient (Wildman–Crippen LogP) is 1.87. The Morgan fingerprint density at radius 1 is 1.15 bits per heavy atom. The maximum atomic E-state index is 12.9. The summed E-state index contributed by atoms with van der Waals surface area (Å²) in [5.74, 6) is -3.63. The lowest BCUT2D eigenvalue weighted by Gasteiger charge is -2.03. The molecule has 0 unspecified atom stereocenters. The van der Waals surface area contributed by atoms with Gasteiger partial charge in [-0.25, -0.2) is 13.2 Å². The van der Waals surface area contributed by atoms with E-state index in [1.54, 1.807) is 7.05 Å². The van der Waals surface area contributed by atoms with E-state index in [1.807, 2.05) is 0 Å². The molecule has 0 spiro atoms. The zero-order valence-electron chi connectivity index (χ0n) is 7.20. The van der Waals surface area contributed by atoms with Crippen LogP contribution in [0.15, 0.2) is 12.1 Å². The van der Waals surface area contributed by atoms with Crippen molar-refractivity contribution in [3.8, 4) is 0 Å². The minimum Gasteiger partial charge on any atom is -0.319 e. The Balaban J connectivity index is 2.90. The third-order valence-corrected chi connectivity index (χ3v) is 1.76. The van der Waals surface area contributed by atoms with Crippen molar-refractivity contribution in [2.75, 3.05) is 13.6 Å². The van der Waals surface area contributed by atoms with Crippen LogP contribution in [0.2, 0.25) is 0 Å². The number of hydrogen-bond acceptors (Lipinski definition) is 1. The first-order valence-electron chi connectivity index (χ1n) is 3.93. The molecule has 0 radical (unpaired) electrons. The van der Waals surface area contributed by atoms with E-state index in [9.17, 15) is 13.2 Å². The van der Waals surface area contributed by atoms with Crippen LogP contribution in [0.5, 0.6) is 0 Å². The molecule has 0 fully saturated rings. The van der Waals surface area contributed by atoms with E-state index in [1.165, 1.54) is 6.07 Å². The van der Waals surface area contributed by atoms with E-state index in [0.717, 1.165) is 6.07 Å². The number of rotatable bonds is 3. The van der Waals surface area contributed by atoms with Gasteiger partial charge in [0.25, 0.3) is 0 Å². The van der Waals surface area contributed by atoms with Crippen molar-refractivity contribution in [3.05, 3.63) is 35.1 Å². The Morgan fingerprint density at radius 3 is 2.46 bits per heavy atom. The van der Waals surface area contributed by atoms with Crippen LogP contribution >= 0.6 is 0 Å². The Labute approximate surface area is 74.6 Å². The molecule has 0 saturated carbocycles. The average Bonchev–Trinajstić information content (AvgIpc) is 2.13. The van der Waals surface area contributed by atoms with E-state index in [2.05, 4.69) is 5.32 Å². The van der Waals surface area contributed by atoms with Gasteiger partial charge >= 0.3 is 0 Å².